The second-order valence-corrected chi connectivity index (χ2v) is 7.05. The standard InChI is InChI=1S/C19H28N2O4.CH2O2/c1-13-10-21-11-15(9-16(21)12-25-13)20-19(22)7-5-14-4-6-17(23-2)18(8-14)24-3;2-1-3/h4,6,8,13,15-16H,5,7,9-12H2,1-3H3,(H,20,22);1H,(H,2,3)/t13-,15+,16-;/m0./s1. The van der Waals surface area contributed by atoms with Gasteiger partial charge in [-0.25, -0.2) is 0 Å². The molecule has 8 nitrogen and oxygen atoms in total. The van der Waals surface area contributed by atoms with Crippen LogP contribution in [0.5, 0.6) is 11.5 Å². The molecule has 2 saturated heterocycles. The third-order valence-electron chi connectivity index (χ3n) is 5.05. The first-order valence-corrected chi connectivity index (χ1v) is 9.44. The van der Waals surface area contributed by atoms with Crippen molar-refractivity contribution >= 4 is 12.4 Å². The SMILES string of the molecule is COc1ccc(CCC(=O)N[C@@H]2C[C@H]3CO[C@@H](C)CN3C2)cc1OC.O=CO. The minimum Gasteiger partial charge on any atom is -0.493 e. The van der Waals surface area contributed by atoms with Gasteiger partial charge in [0, 0.05) is 31.6 Å². The number of fused-ring (bicyclic) bond motifs is 1. The van der Waals surface area contributed by atoms with Crippen molar-refractivity contribution in [3.05, 3.63) is 23.8 Å². The molecule has 0 aliphatic carbocycles. The second-order valence-electron chi connectivity index (χ2n) is 7.05. The van der Waals surface area contributed by atoms with E-state index in [1.807, 2.05) is 18.2 Å². The van der Waals surface area contributed by atoms with Crippen LogP contribution in [0.3, 0.4) is 0 Å². The van der Waals surface area contributed by atoms with Gasteiger partial charge in [-0.2, -0.15) is 0 Å². The first-order valence-electron chi connectivity index (χ1n) is 9.44. The molecule has 2 aliphatic rings. The van der Waals surface area contributed by atoms with E-state index in [4.69, 9.17) is 24.1 Å². The van der Waals surface area contributed by atoms with Gasteiger partial charge in [-0.15, -0.1) is 0 Å². The van der Waals surface area contributed by atoms with E-state index in [-0.39, 0.29) is 24.5 Å². The fourth-order valence-electron chi connectivity index (χ4n) is 3.74. The maximum absolute atomic E-state index is 12.3. The summed E-state index contributed by atoms with van der Waals surface area (Å²) < 4.78 is 16.3. The molecule has 1 aromatic carbocycles. The fraction of sp³-hybridized carbons (Fsp3) is 0.600. The van der Waals surface area contributed by atoms with Crippen LogP contribution < -0.4 is 14.8 Å². The molecule has 2 N–H and O–H groups in total. The molecule has 0 radical (unpaired) electrons. The van der Waals surface area contributed by atoms with E-state index in [0.717, 1.165) is 31.7 Å². The number of ether oxygens (including phenoxy) is 3. The number of benzene rings is 1. The first kappa shape index (κ1) is 22.0. The van der Waals surface area contributed by atoms with Crippen molar-refractivity contribution in [3.63, 3.8) is 0 Å². The van der Waals surface area contributed by atoms with E-state index in [1.165, 1.54) is 0 Å². The van der Waals surface area contributed by atoms with Crippen LogP contribution in [-0.4, -0.2) is 74.5 Å². The summed E-state index contributed by atoms with van der Waals surface area (Å²) >= 11 is 0. The van der Waals surface area contributed by atoms with Gasteiger partial charge in [-0.1, -0.05) is 6.07 Å². The second kappa shape index (κ2) is 10.9. The van der Waals surface area contributed by atoms with Crippen LogP contribution in [0, 0.1) is 0 Å². The van der Waals surface area contributed by atoms with Crippen LogP contribution in [0.2, 0.25) is 0 Å². The lowest BCUT2D eigenvalue weighted by Crippen LogP contribution is -2.45. The molecule has 2 fully saturated rings. The Morgan fingerprint density at radius 2 is 2.04 bits per heavy atom. The Morgan fingerprint density at radius 1 is 1.32 bits per heavy atom. The van der Waals surface area contributed by atoms with Crippen LogP contribution in [-0.2, 0) is 20.7 Å². The number of hydrogen-bond donors (Lipinski definition) is 2. The van der Waals surface area contributed by atoms with Gasteiger partial charge in [0.15, 0.2) is 11.5 Å². The number of carbonyl (C=O) groups excluding carboxylic acids is 1. The monoisotopic (exact) mass is 394 g/mol. The first-order chi connectivity index (χ1) is 13.5. The number of nitrogens with one attached hydrogen (secondary N) is 1. The summed E-state index contributed by atoms with van der Waals surface area (Å²) in [5, 5.41) is 10.1. The number of carboxylic acid groups (broad SMARTS) is 1. The van der Waals surface area contributed by atoms with Crippen molar-refractivity contribution in [1.82, 2.24) is 10.2 Å². The third kappa shape index (κ3) is 6.10. The van der Waals surface area contributed by atoms with Gasteiger partial charge < -0.3 is 24.6 Å². The Labute approximate surface area is 165 Å². The van der Waals surface area contributed by atoms with Crippen molar-refractivity contribution in [1.29, 1.82) is 0 Å². The number of aryl methyl sites for hydroxylation is 1. The lowest BCUT2D eigenvalue weighted by molar-refractivity contribution is -0.123. The molecule has 1 aromatic rings. The number of morpholine rings is 1. The predicted molar refractivity (Wildman–Crippen MR) is 104 cm³/mol. The van der Waals surface area contributed by atoms with Crippen LogP contribution in [0.25, 0.3) is 0 Å². The number of hydrogen-bond acceptors (Lipinski definition) is 6. The molecular formula is C20H30N2O6. The van der Waals surface area contributed by atoms with Gasteiger partial charge in [0.2, 0.25) is 5.91 Å². The highest BCUT2D eigenvalue weighted by molar-refractivity contribution is 5.76. The van der Waals surface area contributed by atoms with Crippen molar-refractivity contribution in [2.24, 2.45) is 0 Å². The molecule has 0 bridgehead atoms. The zero-order valence-electron chi connectivity index (χ0n) is 16.7. The quantitative estimate of drug-likeness (QED) is 0.702. The van der Waals surface area contributed by atoms with Crippen LogP contribution >= 0.6 is 0 Å². The molecule has 0 spiro atoms. The maximum atomic E-state index is 12.3. The molecule has 3 atom stereocenters. The van der Waals surface area contributed by atoms with Crippen molar-refractivity contribution < 1.29 is 28.9 Å². The molecule has 2 aliphatic heterocycles. The Bertz CT molecular complexity index is 654. The molecule has 1 amide bonds. The lowest BCUT2D eigenvalue weighted by atomic mass is 10.1. The number of carbonyl (C=O) groups is 2. The van der Waals surface area contributed by atoms with E-state index in [2.05, 4.69) is 17.1 Å². The predicted octanol–water partition coefficient (Wildman–Crippen LogP) is 1.32. The van der Waals surface area contributed by atoms with E-state index in [9.17, 15) is 4.79 Å². The summed E-state index contributed by atoms with van der Waals surface area (Å²) in [6, 6.07) is 6.47. The molecule has 8 heteroatoms. The Morgan fingerprint density at radius 3 is 2.71 bits per heavy atom. The number of nitrogens with zero attached hydrogens (tertiary/aromatic N) is 1. The smallest absolute Gasteiger partial charge is 0.290 e. The number of rotatable bonds is 6. The highest BCUT2D eigenvalue weighted by Crippen LogP contribution is 2.28. The zero-order chi connectivity index (χ0) is 20.5. The van der Waals surface area contributed by atoms with Gasteiger partial charge >= 0.3 is 0 Å². The average molecular weight is 394 g/mol. The Hall–Kier alpha value is -2.32. The van der Waals surface area contributed by atoms with E-state index >= 15 is 0 Å². The summed E-state index contributed by atoms with van der Waals surface area (Å²) in [6.07, 6.45) is 2.43. The van der Waals surface area contributed by atoms with Crippen LogP contribution in [0.4, 0.5) is 0 Å². The van der Waals surface area contributed by atoms with E-state index < -0.39 is 0 Å². The molecule has 0 aromatic heterocycles. The summed E-state index contributed by atoms with van der Waals surface area (Å²) in [4.78, 5) is 23.1. The van der Waals surface area contributed by atoms with Gasteiger partial charge in [0.1, 0.15) is 0 Å². The lowest BCUT2D eigenvalue weighted by Gasteiger charge is -2.33. The highest BCUT2D eigenvalue weighted by Gasteiger charge is 2.36. The van der Waals surface area contributed by atoms with E-state index in [0.29, 0.717) is 30.4 Å². The van der Waals surface area contributed by atoms with Crippen molar-refractivity contribution in [3.8, 4) is 11.5 Å². The van der Waals surface area contributed by atoms with Gasteiger partial charge in [-0.3, -0.25) is 14.5 Å². The third-order valence-corrected chi connectivity index (χ3v) is 5.05. The summed E-state index contributed by atoms with van der Waals surface area (Å²) in [5.74, 6) is 1.51. The Balaban J connectivity index is 0.000000878. The van der Waals surface area contributed by atoms with Crippen LogP contribution in [0.15, 0.2) is 18.2 Å². The minimum absolute atomic E-state index is 0.105. The molecule has 0 unspecified atom stereocenters. The van der Waals surface area contributed by atoms with Crippen molar-refractivity contribution in [2.75, 3.05) is 33.9 Å². The maximum Gasteiger partial charge on any atom is 0.290 e. The molecule has 2 heterocycles. The van der Waals surface area contributed by atoms with Gasteiger partial charge in [0.05, 0.1) is 26.9 Å². The fourth-order valence-corrected chi connectivity index (χ4v) is 3.74. The normalized spacial score (nSPS) is 23.8. The number of amides is 1. The average Bonchev–Trinajstić information content (AvgIpc) is 3.07. The zero-order valence-corrected chi connectivity index (χ0v) is 16.7. The number of methoxy groups -OCH3 is 2. The summed E-state index contributed by atoms with van der Waals surface area (Å²) in [6.45, 7) is 4.52. The van der Waals surface area contributed by atoms with Gasteiger partial charge in [-0.05, 0) is 37.5 Å². The largest absolute Gasteiger partial charge is 0.493 e. The van der Waals surface area contributed by atoms with E-state index in [1.54, 1.807) is 14.2 Å². The van der Waals surface area contributed by atoms with Crippen LogP contribution in [0.1, 0.15) is 25.3 Å². The van der Waals surface area contributed by atoms with Gasteiger partial charge in [0.25, 0.3) is 6.47 Å². The highest BCUT2D eigenvalue weighted by atomic mass is 16.5. The topological polar surface area (TPSA) is 97.3 Å². The molecular weight excluding hydrogens is 364 g/mol. The van der Waals surface area contributed by atoms with Crippen molar-refractivity contribution in [2.45, 2.75) is 44.4 Å². The minimum atomic E-state index is -0.250. The molecule has 0 saturated carbocycles. The summed E-state index contributed by atoms with van der Waals surface area (Å²) in [5.41, 5.74) is 1.07. The molecule has 28 heavy (non-hydrogen) atoms. The Kier molecular flexibility index (Phi) is 8.53. The summed E-state index contributed by atoms with van der Waals surface area (Å²) in [7, 11) is 3.24. The molecule has 3 rings (SSSR count). The molecule has 156 valence electrons.